The Morgan fingerprint density at radius 3 is 2.65 bits per heavy atom. The van der Waals surface area contributed by atoms with Crippen molar-refractivity contribution >= 4 is 0 Å². The van der Waals surface area contributed by atoms with Crippen LogP contribution in [0.1, 0.15) is 65.2 Å². The first-order chi connectivity index (χ1) is 8.10. The van der Waals surface area contributed by atoms with E-state index in [9.17, 15) is 5.11 Å². The maximum absolute atomic E-state index is 10.1. The summed E-state index contributed by atoms with van der Waals surface area (Å²) in [6, 6.07) is 0. The Bertz CT molecular complexity index is 231. The van der Waals surface area contributed by atoms with Crippen LogP contribution in [0.25, 0.3) is 0 Å². The van der Waals surface area contributed by atoms with Gasteiger partial charge in [0.2, 0.25) is 0 Å². The van der Waals surface area contributed by atoms with Crippen LogP contribution in [-0.4, -0.2) is 23.4 Å². The number of aliphatic hydroxyl groups is 1. The van der Waals surface area contributed by atoms with Gasteiger partial charge in [0.1, 0.15) is 0 Å². The van der Waals surface area contributed by atoms with E-state index in [1.54, 1.807) is 0 Å². The topological polar surface area (TPSA) is 29.5 Å². The zero-order valence-corrected chi connectivity index (χ0v) is 11.5. The first-order valence-electron chi connectivity index (χ1n) is 7.42. The molecule has 2 heteroatoms. The molecule has 1 spiro atoms. The molecule has 2 atom stereocenters. The van der Waals surface area contributed by atoms with Gasteiger partial charge in [-0.3, -0.25) is 0 Å². The zero-order valence-electron chi connectivity index (χ0n) is 11.5. The van der Waals surface area contributed by atoms with Gasteiger partial charge in [-0.25, -0.2) is 0 Å². The van der Waals surface area contributed by atoms with E-state index in [1.165, 1.54) is 32.1 Å². The van der Waals surface area contributed by atoms with Crippen LogP contribution in [0.3, 0.4) is 0 Å². The Labute approximate surface area is 106 Å². The molecule has 2 unspecified atom stereocenters. The normalized spacial score (nSPS) is 30.0. The highest BCUT2D eigenvalue weighted by Crippen LogP contribution is 2.43. The molecule has 1 heterocycles. The minimum atomic E-state index is -0.100. The number of aliphatic hydroxyl groups excluding tert-OH is 1. The maximum Gasteiger partial charge on any atom is 0.0685 e. The Hall–Kier alpha value is -0.0800. The zero-order chi connectivity index (χ0) is 12.3. The lowest BCUT2D eigenvalue weighted by Crippen LogP contribution is -2.38. The van der Waals surface area contributed by atoms with E-state index >= 15 is 0 Å². The molecular formula is C15H28O2. The average molecular weight is 240 g/mol. The predicted octanol–water partition coefficient (Wildman–Crippen LogP) is 3.52. The number of ether oxygens (including phenoxy) is 1. The first-order valence-corrected chi connectivity index (χ1v) is 7.42. The van der Waals surface area contributed by atoms with E-state index in [2.05, 4.69) is 13.8 Å². The van der Waals surface area contributed by atoms with Gasteiger partial charge in [-0.15, -0.1) is 0 Å². The summed E-state index contributed by atoms with van der Waals surface area (Å²) in [4.78, 5) is 0. The van der Waals surface area contributed by atoms with E-state index in [0.29, 0.717) is 11.8 Å². The average Bonchev–Trinajstić information content (AvgIpc) is 2.64. The van der Waals surface area contributed by atoms with Crippen molar-refractivity contribution in [3.63, 3.8) is 0 Å². The van der Waals surface area contributed by atoms with Gasteiger partial charge in [-0.05, 0) is 50.4 Å². The molecule has 0 aromatic rings. The van der Waals surface area contributed by atoms with Crippen LogP contribution in [0, 0.1) is 11.8 Å². The van der Waals surface area contributed by atoms with E-state index in [4.69, 9.17) is 4.74 Å². The third-order valence-corrected chi connectivity index (χ3v) is 4.46. The van der Waals surface area contributed by atoms with Crippen molar-refractivity contribution in [1.82, 2.24) is 0 Å². The van der Waals surface area contributed by atoms with Gasteiger partial charge < -0.3 is 9.84 Å². The van der Waals surface area contributed by atoms with Crippen LogP contribution >= 0.6 is 0 Å². The van der Waals surface area contributed by atoms with E-state index < -0.39 is 0 Å². The van der Waals surface area contributed by atoms with Gasteiger partial charge in [-0.1, -0.05) is 26.7 Å². The van der Waals surface area contributed by atoms with Crippen molar-refractivity contribution in [2.24, 2.45) is 11.8 Å². The number of hydrogen-bond donors (Lipinski definition) is 1. The summed E-state index contributed by atoms with van der Waals surface area (Å²) in [6.07, 6.45) is 9.36. The highest BCUT2D eigenvalue weighted by Gasteiger charge is 2.40. The van der Waals surface area contributed by atoms with Crippen molar-refractivity contribution < 1.29 is 9.84 Å². The number of hydrogen-bond acceptors (Lipinski definition) is 2. The summed E-state index contributed by atoms with van der Waals surface area (Å²) in [5.41, 5.74) is 0.209. The fourth-order valence-electron chi connectivity index (χ4n) is 3.72. The van der Waals surface area contributed by atoms with Crippen LogP contribution in [0.4, 0.5) is 0 Å². The quantitative estimate of drug-likeness (QED) is 0.814. The summed E-state index contributed by atoms with van der Waals surface area (Å²) in [5, 5.41) is 10.1. The summed E-state index contributed by atoms with van der Waals surface area (Å²) < 4.78 is 6.04. The van der Waals surface area contributed by atoms with Gasteiger partial charge in [-0.2, -0.15) is 0 Å². The minimum Gasteiger partial charge on any atom is -0.393 e. The standard InChI is InChI=1S/C15H28O2/c1-12(2)9-14(16)10-13-5-8-17-15(11-13)6-3-4-7-15/h12-14,16H,3-11H2,1-2H3. The fraction of sp³-hybridized carbons (Fsp3) is 1.00. The second-order valence-electron chi connectivity index (χ2n) is 6.62. The van der Waals surface area contributed by atoms with Crippen LogP contribution in [0.15, 0.2) is 0 Å². The summed E-state index contributed by atoms with van der Waals surface area (Å²) in [6.45, 7) is 5.29. The molecule has 2 aliphatic rings. The first kappa shape index (κ1) is 13.4. The second-order valence-corrected chi connectivity index (χ2v) is 6.62. The number of rotatable bonds is 4. The fourth-order valence-corrected chi connectivity index (χ4v) is 3.72. The van der Waals surface area contributed by atoms with Crippen molar-refractivity contribution in [3.8, 4) is 0 Å². The molecule has 2 nitrogen and oxygen atoms in total. The lowest BCUT2D eigenvalue weighted by atomic mass is 9.81. The van der Waals surface area contributed by atoms with Gasteiger partial charge >= 0.3 is 0 Å². The predicted molar refractivity (Wildman–Crippen MR) is 70.0 cm³/mol. The van der Waals surface area contributed by atoms with E-state index in [0.717, 1.165) is 25.9 Å². The smallest absolute Gasteiger partial charge is 0.0685 e. The largest absolute Gasteiger partial charge is 0.393 e. The van der Waals surface area contributed by atoms with Gasteiger partial charge in [0.25, 0.3) is 0 Å². The lowest BCUT2D eigenvalue weighted by Gasteiger charge is -2.39. The van der Waals surface area contributed by atoms with Crippen molar-refractivity contribution in [2.75, 3.05) is 6.61 Å². The summed E-state index contributed by atoms with van der Waals surface area (Å²) in [7, 11) is 0. The highest BCUT2D eigenvalue weighted by molar-refractivity contribution is 4.91. The van der Waals surface area contributed by atoms with Crippen molar-refractivity contribution in [3.05, 3.63) is 0 Å². The summed E-state index contributed by atoms with van der Waals surface area (Å²) >= 11 is 0. The summed E-state index contributed by atoms with van der Waals surface area (Å²) in [5.74, 6) is 1.29. The molecule has 1 aliphatic carbocycles. The van der Waals surface area contributed by atoms with Gasteiger partial charge in [0.05, 0.1) is 11.7 Å². The van der Waals surface area contributed by atoms with Crippen LogP contribution in [-0.2, 0) is 4.74 Å². The maximum atomic E-state index is 10.1. The molecular weight excluding hydrogens is 212 g/mol. The molecule has 0 aromatic heterocycles. The Balaban J connectivity index is 1.81. The van der Waals surface area contributed by atoms with Crippen LogP contribution < -0.4 is 0 Å². The molecule has 1 aliphatic heterocycles. The van der Waals surface area contributed by atoms with Crippen molar-refractivity contribution in [2.45, 2.75) is 76.9 Å². The molecule has 0 bridgehead atoms. The lowest BCUT2D eigenvalue weighted by molar-refractivity contribution is -0.0984. The molecule has 100 valence electrons. The van der Waals surface area contributed by atoms with Crippen molar-refractivity contribution in [1.29, 1.82) is 0 Å². The highest BCUT2D eigenvalue weighted by atomic mass is 16.5. The monoisotopic (exact) mass is 240 g/mol. The molecule has 1 N–H and O–H groups in total. The third kappa shape index (κ3) is 3.69. The van der Waals surface area contributed by atoms with Crippen LogP contribution in [0.2, 0.25) is 0 Å². The van der Waals surface area contributed by atoms with Crippen LogP contribution in [0.5, 0.6) is 0 Å². The molecule has 0 amide bonds. The third-order valence-electron chi connectivity index (χ3n) is 4.46. The van der Waals surface area contributed by atoms with Gasteiger partial charge in [0, 0.05) is 6.61 Å². The Morgan fingerprint density at radius 2 is 2.00 bits per heavy atom. The van der Waals surface area contributed by atoms with E-state index in [1.807, 2.05) is 0 Å². The molecule has 0 radical (unpaired) electrons. The molecule has 2 rings (SSSR count). The molecule has 17 heavy (non-hydrogen) atoms. The van der Waals surface area contributed by atoms with Gasteiger partial charge in [0.15, 0.2) is 0 Å². The molecule has 2 fully saturated rings. The molecule has 1 saturated heterocycles. The Kier molecular flexibility index (Phi) is 4.48. The SMILES string of the molecule is CC(C)CC(O)CC1CCOC2(CCCC2)C1. The van der Waals surface area contributed by atoms with E-state index in [-0.39, 0.29) is 11.7 Å². The second kappa shape index (κ2) is 5.71. The molecule has 1 saturated carbocycles. The Morgan fingerprint density at radius 1 is 1.29 bits per heavy atom. The molecule has 0 aromatic carbocycles. The minimum absolute atomic E-state index is 0.100.